The number of amides is 1. The minimum atomic E-state index is -0.768. The number of rotatable bonds is 3. The number of nitrogens with one attached hydrogen (secondary N) is 1. The first-order valence-corrected chi connectivity index (χ1v) is 9.42. The van der Waals surface area contributed by atoms with Crippen molar-refractivity contribution in [3.05, 3.63) is 76.3 Å². The van der Waals surface area contributed by atoms with Crippen LogP contribution < -0.4 is 5.32 Å². The largest absolute Gasteiger partial charge is 0.508 e. The number of phenolic OH excluding ortho intramolecular Hbond substituents is 1. The molecule has 5 nitrogen and oxygen atoms in total. The molecule has 0 saturated heterocycles. The van der Waals surface area contributed by atoms with Crippen LogP contribution >= 0.6 is 11.3 Å². The molecule has 1 heterocycles. The van der Waals surface area contributed by atoms with Gasteiger partial charge in [0.15, 0.2) is 5.13 Å². The van der Waals surface area contributed by atoms with Crippen LogP contribution in [-0.4, -0.2) is 16.0 Å². The maximum absolute atomic E-state index is 13.3. The molecule has 2 N–H and O–H groups in total. The van der Waals surface area contributed by atoms with Gasteiger partial charge in [0.2, 0.25) is 5.91 Å². The molecular weight excluding hydrogens is 358 g/mol. The highest BCUT2D eigenvalue weighted by atomic mass is 32.1. The molecule has 2 atom stereocenters. The molecule has 1 aliphatic rings. The predicted octanol–water partition coefficient (Wildman–Crippen LogP) is 4.05. The molecule has 0 radical (unpaired) electrons. The Hall–Kier alpha value is -3.17. The van der Waals surface area contributed by atoms with E-state index in [0.29, 0.717) is 17.1 Å². The molecule has 3 aromatic rings. The van der Waals surface area contributed by atoms with E-state index in [1.165, 1.54) is 11.3 Å². The lowest BCUT2D eigenvalue weighted by Gasteiger charge is -2.31. The maximum atomic E-state index is 13.3. The molecule has 6 heteroatoms. The van der Waals surface area contributed by atoms with Crippen molar-refractivity contribution < 1.29 is 9.90 Å². The smallest absolute Gasteiger partial charge is 0.233 e. The second kappa shape index (κ2) is 6.53. The molecule has 0 fully saturated rings. The molecular formula is C21H17N3O2S. The van der Waals surface area contributed by atoms with Crippen LogP contribution in [0.4, 0.5) is 5.13 Å². The van der Waals surface area contributed by atoms with E-state index in [-0.39, 0.29) is 17.6 Å². The molecule has 0 aliphatic heterocycles. The summed E-state index contributed by atoms with van der Waals surface area (Å²) in [5.41, 5.74) is 2.63. The van der Waals surface area contributed by atoms with Crippen molar-refractivity contribution in [2.45, 2.75) is 19.3 Å². The van der Waals surface area contributed by atoms with Crippen LogP contribution in [0.1, 0.15) is 35.1 Å². The van der Waals surface area contributed by atoms with E-state index >= 15 is 0 Å². The molecule has 1 amide bonds. The number of benzene rings is 2. The summed E-state index contributed by atoms with van der Waals surface area (Å²) in [6.45, 7) is 1.93. The minimum absolute atomic E-state index is 0.125. The summed E-state index contributed by atoms with van der Waals surface area (Å²) in [5.74, 6) is -0.242. The average Bonchev–Trinajstić information content (AvgIpc) is 3.26. The highest BCUT2D eigenvalue weighted by Gasteiger charge is 2.49. The number of hydrogen-bond donors (Lipinski definition) is 2. The lowest BCUT2D eigenvalue weighted by Crippen LogP contribution is -2.37. The topological polar surface area (TPSA) is 86.0 Å². The summed E-state index contributed by atoms with van der Waals surface area (Å²) in [6.07, 6.45) is 2.20. The first kappa shape index (κ1) is 17.3. The van der Waals surface area contributed by atoms with E-state index in [2.05, 4.69) is 16.4 Å². The van der Waals surface area contributed by atoms with E-state index in [9.17, 15) is 15.2 Å². The van der Waals surface area contributed by atoms with Crippen LogP contribution in [0.15, 0.2) is 54.0 Å². The molecule has 134 valence electrons. The number of nitriles is 1. The van der Waals surface area contributed by atoms with Gasteiger partial charge in [-0.3, -0.25) is 4.79 Å². The number of thiazole rings is 1. The van der Waals surface area contributed by atoms with Gasteiger partial charge in [0.05, 0.1) is 17.0 Å². The zero-order valence-corrected chi connectivity index (χ0v) is 15.5. The number of hydrogen-bond acceptors (Lipinski definition) is 5. The van der Waals surface area contributed by atoms with Crippen LogP contribution in [0, 0.1) is 16.7 Å². The fourth-order valence-electron chi connectivity index (χ4n) is 3.92. The highest BCUT2D eigenvalue weighted by Crippen LogP contribution is 2.51. The normalized spacial score (nSPS) is 20.7. The average molecular weight is 375 g/mol. The summed E-state index contributed by atoms with van der Waals surface area (Å²) in [6, 6.07) is 14.7. The Morgan fingerprint density at radius 3 is 2.93 bits per heavy atom. The third kappa shape index (κ3) is 2.96. The number of nitrogens with zero attached hydrogens (tertiary/aromatic N) is 2. The highest BCUT2D eigenvalue weighted by molar-refractivity contribution is 7.13. The molecule has 0 saturated carbocycles. The monoisotopic (exact) mass is 375 g/mol. The molecule has 27 heavy (non-hydrogen) atoms. The first-order valence-electron chi connectivity index (χ1n) is 8.54. The lowest BCUT2D eigenvalue weighted by molar-refractivity contribution is -0.125. The van der Waals surface area contributed by atoms with Gasteiger partial charge in [0.1, 0.15) is 5.75 Å². The van der Waals surface area contributed by atoms with Gasteiger partial charge in [0, 0.05) is 17.5 Å². The van der Waals surface area contributed by atoms with Crippen LogP contribution in [0.5, 0.6) is 5.75 Å². The number of aromatic hydroxyl groups is 1. The van der Waals surface area contributed by atoms with E-state index in [4.69, 9.17) is 0 Å². The van der Waals surface area contributed by atoms with Crippen molar-refractivity contribution in [2.24, 2.45) is 5.41 Å². The van der Waals surface area contributed by atoms with Gasteiger partial charge in [-0.2, -0.15) is 5.26 Å². The van der Waals surface area contributed by atoms with E-state index < -0.39 is 5.41 Å². The number of carbonyl (C=O) groups excluding carboxylic acids is 1. The molecule has 4 rings (SSSR count). The number of carbonyl (C=O) groups is 1. The Balaban J connectivity index is 1.83. The van der Waals surface area contributed by atoms with Crippen LogP contribution in [0.3, 0.4) is 0 Å². The fourth-order valence-corrected chi connectivity index (χ4v) is 4.45. The van der Waals surface area contributed by atoms with Gasteiger partial charge < -0.3 is 10.4 Å². The molecule has 1 aliphatic carbocycles. The maximum Gasteiger partial charge on any atom is 0.233 e. The van der Waals surface area contributed by atoms with Crippen LogP contribution in [-0.2, 0) is 11.2 Å². The number of phenols is 1. The predicted molar refractivity (Wildman–Crippen MR) is 104 cm³/mol. The van der Waals surface area contributed by atoms with Gasteiger partial charge in [-0.1, -0.05) is 18.2 Å². The van der Waals surface area contributed by atoms with Gasteiger partial charge in [0.25, 0.3) is 0 Å². The van der Waals surface area contributed by atoms with Crippen molar-refractivity contribution >= 4 is 22.4 Å². The van der Waals surface area contributed by atoms with E-state index in [1.807, 2.05) is 30.5 Å². The van der Waals surface area contributed by atoms with Crippen LogP contribution in [0.25, 0.3) is 0 Å². The van der Waals surface area contributed by atoms with Crippen LogP contribution in [0.2, 0.25) is 0 Å². The first-order chi connectivity index (χ1) is 13.0. The quantitative estimate of drug-likeness (QED) is 0.723. The lowest BCUT2D eigenvalue weighted by atomic mass is 9.73. The summed E-state index contributed by atoms with van der Waals surface area (Å²) in [7, 11) is 0. The Morgan fingerprint density at radius 1 is 1.37 bits per heavy atom. The number of anilines is 1. The third-order valence-electron chi connectivity index (χ3n) is 5.16. The summed E-state index contributed by atoms with van der Waals surface area (Å²) >= 11 is 1.37. The van der Waals surface area contributed by atoms with Gasteiger partial charge in [-0.05, 0) is 54.3 Å². The van der Waals surface area contributed by atoms with Crippen molar-refractivity contribution in [1.82, 2.24) is 4.98 Å². The second-order valence-electron chi connectivity index (χ2n) is 6.94. The number of fused-ring (bicyclic) bond motifs is 1. The Bertz CT molecular complexity index is 1060. The van der Waals surface area contributed by atoms with Gasteiger partial charge in [-0.25, -0.2) is 4.98 Å². The second-order valence-corrected chi connectivity index (χ2v) is 7.83. The summed E-state index contributed by atoms with van der Waals surface area (Å²) < 4.78 is 0. The SMILES string of the molecule is CC1(C(=O)Nc2nccs2)Cc2ccc(C#N)cc2C1c1cccc(O)c1. The van der Waals surface area contributed by atoms with E-state index in [0.717, 1.165) is 16.7 Å². The van der Waals surface area contributed by atoms with E-state index in [1.54, 1.807) is 30.5 Å². The summed E-state index contributed by atoms with van der Waals surface area (Å²) in [5, 5.41) is 24.6. The van der Waals surface area contributed by atoms with Crippen molar-refractivity contribution in [3.8, 4) is 11.8 Å². The molecule has 0 bridgehead atoms. The number of aromatic nitrogens is 1. The standard InChI is InChI=1S/C21H17N3O2S/c1-21(19(26)24-20-23-7-8-27-20)11-15-6-5-13(12-22)9-17(15)18(21)14-3-2-4-16(25)10-14/h2-10,18,25H,11H2,1H3,(H,23,24,26). The molecule has 2 aromatic carbocycles. The van der Waals surface area contributed by atoms with Crippen molar-refractivity contribution in [1.29, 1.82) is 5.26 Å². The zero-order chi connectivity index (χ0) is 19.0. The Morgan fingerprint density at radius 2 is 2.22 bits per heavy atom. The molecule has 2 unspecified atom stereocenters. The summed E-state index contributed by atoms with van der Waals surface area (Å²) in [4.78, 5) is 17.4. The van der Waals surface area contributed by atoms with Gasteiger partial charge in [-0.15, -0.1) is 11.3 Å². The minimum Gasteiger partial charge on any atom is -0.508 e. The zero-order valence-electron chi connectivity index (χ0n) is 14.6. The Labute approximate surface area is 160 Å². The van der Waals surface area contributed by atoms with Crippen molar-refractivity contribution in [2.75, 3.05) is 5.32 Å². The van der Waals surface area contributed by atoms with Crippen molar-refractivity contribution in [3.63, 3.8) is 0 Å². The fraction of sp³-hybridized carbons (Fsp3) is 0.190. The molecule has 1 aromatic heterocycles. The van der Waals surface area contributed by atoms with Gasteiger partial charge >= 0.3 is 0 Å². The Kier molecular flexibility index (Phi) is 4.17. The molecule has 0 spiro atoms. The third-order valence-corrected chi connectivity index (χ3v) is 5.84.